The molecule has 342 valence electrons. The minimum Gasteiger partial charge on any atom is -0.490 e. The van der Waals surface area contributed by atoms with Crippen molar-refractivity contribution in [2.75, 3.05) is 26.4 Å². The van der Waals surface area contributed by atoms with Crippen LogP contribution in [-0.4, -0.2) is 83.1 Å². The molecule has 2 aromatic heterocycles. The number of Topliss-reactive ketones (excluding diaryl/α,β-unsaturated/α-hetero) is 2. The number of benzene rings is 3. The Kier molecular flexibility index (Phi) is 16.2. The van der Waals surface area contributed by atoms with Gasteiger partial charge in [0.1, 0.15) is 11.5 Å². The Morgan fingerprint density at radius 2 is 0.906 bits per heavy atom. The maximum atomic E-state index is 13.3. The fourth-order valence-electron chi connectivity index (χ4n) is 7.69. The van der Waals surface area contributed by atoms with Gasteiger partial charge in [0.15, 0.2) is 23.7 Å². The van der Waals surface area contributed by atoms with Gasteiger partial charge in [-0.1, -0.05) is 52.0 Å². The molecule has 64 heavy (non-hydrogen) atoms. The van der Waals surface area contributed by atoms with Crippen molar-refractivity contribution in [2.45, 2.75) is 93.5 Å². The van der Waals surface area contributed by atoms with Gasteiger partial charge in [-0.3, -0.25) is 19.2 Å². The number of nitrogens with zero attached hydrogens (tertiary/aromatic N) is 2. The van der Waals surface area contributed by atoms with E-state index in [9.17, 15) is 28.8 Å². The van der Waals surface area contributed by atoms with Crippen molar-refractivity contribution in [1.29, 1.82) is 0 Å². The highest BCUT2D eigenvalue weighted by Gasteiger charge is 2.32. The van der Waals surface area contributed by atoms with Crippen LogP contribution in [0.5, 0.6) is 23.0 Å². The smallest absolute Gasteiger partial charge is 0.347 e. The van der Waals surface area contributed by atoms with Crippen molar-refractivity contribution in [3.8, 4) is 23.0 Å². The molecule has 0 spiro atoms. The van der Waals surface area contributed by atoms with Gasteiger partial charge in [-0.2, -0.15) is 0 Å². The average Bonchev–Trinajstić information content (AvgIpc) is 3.70. The van der Waals surface area contributed by atoms with Crippen molar-refractivity contribution < 1.29 is 57.2 Å². The van der Waals surface area contributed by atoms with Crippen molar-refractivity contribution >= 4 is 57.1 Å². The summed E-state index contributed by atoms with van der Waals surface area (Å²) in [4.78, 5) is 76.6. The van der Waals surface area contributed by atoms with Gasteiger partial charge in [0.2, 0.25) is 0 Å². The van der Waals surface area contributed by atoms with Crippen LogP contribution in [0.15, 0.2) is 60.7 Å². The summed E-state index contributed by atoms with van der Waals surface area (Å²) >= 11 is 0. The molecule has 0 radical (unpaired) electrons. The Morgan fingerprint density at radius 1 is 0.547 bits per heavy atom. The van der Waals surface area contributed by atoms with Crippen molar-refractivity contribution in [2.24, 2.45) is 23.3 Å². The van der Waals surface area contributed by atoms with Gasteiger partial charge in [0.05, 0.1) is 59.4 Å². The Bertz CT molecular complexity index is 2360. The van der Waals surface area contributed by atoms with Crippen molar-refractivity contribution in [3.63, 3.8) is 0 Å². The van der Waals surface area contributed by atoms with Gasteiger partial charge in [0, 0.05) is 36.3 Å². The second-order valence-corrected chi connectivity index (χ2v) is 15.8. The quantitative estimate of drug-likeness (QED) is 0.0297. The third-order valence-corrected chi connectivity index (χ3v) is 10.7. The molecule has 0 saturated heterocycles. The van der Waals surface area contributed by atoms with E-state index in [0.29, 0.717) is 70.6 Å². The van der Waals surface area contributed by atoms with Crippen LogP contribution in [-0.2, 0) is 41.7 Å². The zero-order valence-corrected chi connectivity index (χ0v) is 37.7. The van der Waals surface area contributed by atoms with E-state index in [0.717, 1.165) is 0 Å². The summed E-state index contributed by atoms with van der Waals surface area (Å²) in [5, 5.41) is 0.750. The summed E-state index contributed by atoms with van der Waals surface area (Å²) in [5.41, 5.74) is 13.5. The first kappa shape index (κ1) is 48.2. The standard InChI is InChI=1S/C48H58N4O12/c1-9-59-47(57)43(27(3)4)63-35-21-13-17-31-39(35)37(41(53)45(49)55)29(7)51(31)23-15-25-61-33-19-11-12-20-34(33)62-26-16-24-52-30(8)38(42(54)46(50)56)40-32(52)18-14-22-36(40)64-44(28(5)6)48(58)60-10-2/h11-14,17-22,27-28,43-44H,9-10,15-16,23-26H2,1-8H3,(H2,49,55)(H2,50,56). The van der Waals surface area contributed by atoms with E-state index >= 15 is 0 Å². The van der Waals surface area contributed by atoms with Gasteiger partial charge >= 0.3 is 11.9 Å². The third-order valence-electron chi connectivity index (χ3n) is 10.7. The highest BCUT2D eigenvalue weighted by Crippen LogP contribution is 2.37. The number of amides is 2. The van der Waals surface area contributed by atoms with E-state index in [1.807, 2.05) is 49.0 Å². The Morgan fingerprint density at radius 3 is 1.23 bits per heavy atom. The molecule has 0 aliphatic rings. The van der Waals surface area contributed by atoms with E-state index in [1.165, 1.54) is 0 Å². The second kappa shape index (κ2) is 21.5. The number of aromatic nitrogens is 2. The number of esters is 2. The Hall–Kier alpha value is -6.84. The summed E-state index contributed by atoms with van der Waals surface area (Å²) in [5.74, 6) is -4.05. The topological polar surface area (TPSA) is 220 Å². The Balaban J connectivity index is 1.30. The fraction of sp³-hybridized carbons (Fsp3) is 0.417. The number of carbonyl (C=O) groups is 6. The number of hydrogen-bond donors (Lipinski definition) is 2. The van der Waals surface area contributed by atoms with E-state index in [-0.39, 0.29) is 60.9 Å². The van der Waals surface area contributed by atoms with Crippen molar-refractivity contribution in [3.05, 3.63) is 83.2 Å². The molecule has 0 bridgehead atoms. The molecular weight excluding hydrogens is 825 g/mol. The predicted octanol–water partition coefficient (Wildman–Crippen LogP) is 6.42. The number of para-hydroxylation sites is 2. The molecule has 0 fully saturated rings. The van der Waals surface area contributed by atoms with Crippen molar-refractivity contribution in [1.82, 2.24) is 9.13 Å². The SMILES string of the molecule is CCOC(=O)C(Oc1cccc2c1c(C(=O)C(N)=O)c(C)n2CCCOc1ccccc1OCCCn1c(C)c(C(=O)C(N)=O)c2c(OC(C(=O)OCC)C(C)C)cccc21)C(C)C. The molecule has 5 aromatic rings. The number of hydrogen-bond acceptors (Lipinski definition) is 12. The van der Waals surface area contributed by atoms with Gasteiger partial charge < -0.3 is 49.0 Å². The van der Waals surface area contributed by atoms with Gasteiger partial charge in [-0.25, -0.2) is 9.59 Å². The van der Waals surface area contributed by atoms with Crippen LogP contribution in [0, 0.1) is 25.7 Å². The number of fused-ring (bicyclic) bond motifs is 2. The zero-order chi connectivity index (χ0) is 46.8. The minimum atomic E-state index is -1.12. The number of carbonyl (C=O) groups excluding carboxylic acids is 6. The van der Waals surface area contributed by atoms with Gasteiger partial charge in [-0.05, 0) is 76.9 Å². The molecule has 0 aliphatic carbocycles. The second-order valence-electron chi connectivity index (χ2n) is 15.8. The lowest BCUT2D eigenvalue weighted by molar-refractivity contribution is -0.154. The summed E-state index contributed by atoms with van der Waals surface area (Å²) in [6.45, 7) is 15.8. The summed E-state index contributed by atoms with van der Waals surface area (Å²) in [6.07, 6.45) is -0.937. The van der Waals surface area contributed by atoms with Gasteiger partial charge in [0.25, 0.3) is 23.4 Å². The molecule has 2 unspecified atom stereocenters. The molecule has 2 heterocycles. The van der Waals surface area contributed by atoms with E-state index in [2.05, 4.69) is 0 Å². The molecule has 3 aromatic carbocycles. The summed E-state index contributed by atoms with van der Waals surface area (Å²) < 4.78 is 39.1. The lowest BCUT2D eigenvalue weighted by Crippen LogP contribution is -2.34. The largest absolute Gasteiger partial charge is 0.490 e. The van der Waals surface area contributed by atoms with E-state index in [4.69, 9.17) is 39.9 Å². The lowest BCUT2D eigenvalue weighted by Gasteiger charge is -2.21. The lowest BCUT2D eigenvalue weighted by atomic mass is 10.0. The van der Waals surface area contributed by atoms with Crippen LogP contribution in [0.2, 0.25) is 0 Å². The monoisotopic (exact) mass is 882 g/mol. The molecule has 16 heteroatoms. The number of nitrogens with two attached hydrogens (primary N) is 2. The maximum Gasteiger partial charge on any atom is 0.347 e. The van der Waals surface area contributed by atoms with Gasteiger partial charge in [-0.15, -0.1) is 0 Å². The maximum absolute atomic E-state index is 13.3. The molecular formula is C48H58N4O12. The molecule has 2 amide bonds. The molecule has 0 aliphatic heterocycles. The van der Waals surface area contributed by atoms with E-state index in [1.54, 1.807) is 76.2 Å². The van der Waals surface area contributed by atoms with Crippen LogP contribution < -0.4 is 30.4 Å². The van der Waals surface area contributed by atoms with Crippen LogP contribution in [0.4, 0.5) is 0 Å². The number of aryl methyl sites for hydroxylation is 2. The number of rotatable bonds is 24. The molecule has 4 N–H and O–H groups in total. The van der Waals surface area contributed by atoms with Crippen LogP contribution in [0.25, 0.3) is 21.8 Å². The normalized spacial score (nSPS) is 12.3. The third kappa shape index (κ3) is 10.5. The summed E-state index contributed by atoms with van der Waals surface area (Å²) in [6, 6.07) is 17.6. The average molecular weight is 883 g/mol. The van der Waals surface area contributed by atoms with Crippen LogP contribution in [0.3, 0.4) is 0 Å². The number of ether oxygens (including phenoxy) is 6. The molecule has 16 nitrogen and oxygen atoms in total. The first-order valence-corrected chi connectivity index (χ1v) is 21.5. The molecule has 2 atom stereocenters. The van der Waals surface area contributed by atoms with Crippen LogP contribution in [0.1, 0.15) is 86.5 Å². The molecule has 0 saturated carbocycles. The highest BCUT2D eigenvalue weighted by molar-refractivity contribution is 6.45. The highest BCUT2D eigenvalue weighted by atomic mass is 16.6. The first-order chi connectivity index (χ1) is 30.5. The fourth-order valence-corrected chi connectivity index (χ4v) is 7.69. The zero-order valence-electron chi connectivity index (χ0n) is 37.7. The summed E-state index contributed by atoms with van der Waals surface area (Å²) in [7, 11) is 0. The predicted molar refractivity (Wildman–Crippen MR) is 239 cm³/mol. The number of ketones is 2. The minimum absolute atomic E-state index is 0.102. The van der Waals surface area contributed by atoms with Crippen LogP contribution >= 0.6 is 0 Å². The Labute approximate surface area is 372 Å². The van der Waals surface area contributed by atoms with E-state index < -0.39 is 47.5 Å². The first-order valence-electron chi connectivity index (χ1n) is 21.5. The number of primary amides is 2. The molecule has 5 rings (SSSR count).